The fourth-order valence-corrected chi connectivity index (χ4v) is 1.80. The van der Waals surface area contributed by atoms with Gasteiger partial charge in [-0.05, 0) is 26.7 Å². The SMILES string of the molecule is CC(C)c1nnc(C(CC(=O)OC(C)(C)C)C(C)C)o1. The van der Waals surface area contributed by atoms with Crippen LogP contribution in [0.15, 0.2) is 4.42 Å². The molecule has 0 saturated heterocycles. The summed E-state index contributed by atoms with van der Waals surface area (Å²) in [7, 11) is 0. The summed E-state index contributed by atoms with van der Waals surface area (Å²) in [5.74, 6) is 1.20. The largest absolute Gasteiger partial charge is 0.460 e. The first-order valence-corrected chi connectivity index (χ1v) is 7.15. The predicted molar refractivity (Wildman–Crippen MR) is 76.4 cm³/mol. The third kappa shape index (κ3) is 4.94. The number of rotatable bonds is 5. The van der Waals surface area contributed by atoms with Gasteiger partial charge >= 0.3 is 5.97 Å². The Bertz CT molecular complexity index is 444. The zero-order valence-electron chi connectivity index (χ0n) is 13.6. The molecular weight excluding hydrogens is 256 g/mol. The van der Waals surface area contributed by atoms with Crippen LogP contribution < -0.4 is 0 Å². The van der Waals surface area contributed by atoms with Crippen LogP contribution in [0.1, 0.15) is 78.5 Å². The molecule has 0 aliphatic rings. The van der Waals surface area contributed by atoms with Crippen molar-refractivity contribution < 1.29 is 13.9 Å². The van der Waals surface area contributed by atoms with Gasteiger partial charge in [0.2, 0.25) is 11.8 Å². The van der Waals surface area contributed by atoms with Crippen LogP contribution in [0.25, 0.3) is 0 Å². The van der Waals surface area contributed by atoms with Gasteiger partial charge in [0.15, 0.2) is 0 Å². The number of hydrogen-bond donors (Lipinski definition) is 0. The number of esters is 1. The molecule has 0 aliphatic heterocycles. The molecule has 5 heteroatoms. The highest BCUT2D eigenvalue weighted by molar-refractivity contribution is 5.70. The fourth-order valence-electron chi connectivity index (χ4n) is 1.80. The quantitative estimate of drug-likeness (QED) is 0.771. The van der Waals surface area contributed by atoms with Crippen LogP contribution in [0.2, 0.25) is 0 Å². The van der Waals surface area contributed by atoms with E-state index in [1.807, 2.05) is 48.5 Å². The first-order chi connectivity index (χ1) is 9.10. The van der Waals surface area contributed by atoms with Crippen LogP contribution in [0.3, 0.4) is 0 Å². The van der Waals surface area contributed by atoms with E-state index in [9.17, 15) is 4.79 Å². The van der Waals surface area contributed by atoms with Gasteiger partial charge in [-0.1, -0.05) is 27.7 Å². The molecule has 20 heavy (non-hydrogen) atoms. The monoisotopic (exact) mass is 282 g/mol. The van der Waals surface area contributed by atoms with Crippen LogP contribution in [0, 0.1) is 5.92 Å². The zero-order valence-corrected chi connectivity index (χ0v) is 13.6. The number of nitrogens with zero attached hydrogens (tertiary/aromatic N) is 2. The minimum Gasteiger partial charge on any atom is -0.460 e. The van der Waals surface area contributed by atoms with Gasteiger partial charge in [0.1, 0.15) is 5.60 Å². The standard InChI is InChI=1S/C15H26N2O3/c1-9(2)11(8-12(18)20-15(5,6)7)14-17-16-13(19-14)10(3)4/h9-11H,8H2,1-7H3. The number of aromatic nitrogens is 2. The topological polar surface area (TPSA) is 65.2 Å². The van der Waals surface area contributed by atoms with Crippen molar-refractivity contribution in [1.82, 2.24) is 10.2 Å². The molecule has 0 amide bonds. The summed E-state index contributed by atoms with van der Waals surface area (Å²) in [6.45, 7) is 13.6. The summed E-state index contributed by atoms with van der Waals surface area (Å²) in [5.41, 5.74) is -0.476. The minimum absolute atomic E-state index is 0.107. The van der Waals surface area contributed by atoms with E-state index in [1.54, 1.807) is 0 Å². The highest BCUT2D eigenvalue weighted by Gasteiger charge is 2.28. The summed E-state index contributed by atoms with van der Waals surface area (Å²) >= 11 is 0. The molecule has 114 valence electrons. The smallest absolute Gasteiger partial charge is 0.307 e. The van der Waals surface area contributed by atoms with E-state index in [-0.39, 0.29) is 30.1 Å². The van der Waals surface area contributed by atoms with Crippen LogP contribution in [-0.2, 0) is 9.53 Å². The van der Waals surface area contributed by atoms with Crippen molar-refractivity contribution in [2.75, 3.05) is 0 Å². The van der Waals surface area contributed by atoms with Crippen molar-refractivity contribution in [3.8, 4) is 0 Å². The molecule has 1 rings (SSSR count). The predicted octanol–water partition coefficient (Wildman–Crippen LogP) is 3.66. The zero-order chi connectivity index (χ0) is 15.5. The van der Waals surface area contributed by atoms with E-state index in [4.69, 9.17) is 9.15 Å². The van der Waals surface area contributed by atoms with E-state index in [1.165, 1.54) is 0 Å². The van der Waals surface area contributed by atoms with E-state index < -0.39 is 5.60 Å². The molecule has 0 aliphatic carbocycles. The molecule has 5 nitrogen and oxygen atoms in total. The lowest BCUT2D eigenvalue weighted by Gasteiger charge is -2.22. The van der Waals surface area contributed by atoms with Gasteiger partial charge in [0, 0.05) is 5.92 Å². The molecule has 0 spiro atoms. The third-order valence-corrected chi connectivity index (χ3v) is 2.88. The summed E-state index contributed by atoms with van der Waals surface area (Å²) in [6.07, 6.45) is 0.259. The molecule has 0 saturated carbocycles. The second-order valence-electron chi connectivity index (χ2n) is 6.77. The number of hydrogen-bond acceptors (Lipinski definition) is 5. The molecular formula is C15H26N2O3. The van der Waals surface area contributed by atoms with E-state index in [2.05, 4.69) is 10.2 Å². The minimum atomic E-state index is -0.476. The van der Waals surface area contributed by atoms with E-state index >= 15 is 0 Å². The third-order valence-electron chi connectivity index (χ3n) is 2.88. The summed E-state index contributed by atoms with van der Waals surface area (Å²) in [5, 5.41) is 8.12. The van der Waals surface area contributed by atoms with Crippen molar-refractivity contribution in [3.63, 3.8) is 0 Å². The van der Waals surface area contributed by atoms with Gasteiger partial charge in [-0.15, -0.1) is 10.2 Å². The normalized spacial score (nSPS) is 13.8. The fraction of sp³-hybridized carbons (Fsp3) is 0.800. The average Bonchev–Trinajstić information content (AvgIpc) is 2.71. The molecule has 1 aromatic rings. The second kappa shape index (κ2) is 6.37. The Balaban J connectivity index is 2.81. The lowest BCUT2D eigenvalue weighted by Crippen LogP contribution is -2.26. The summed E-state index contributed by atoms with van der Waals surface area (Å²) in [6, 6.07) is 0. The summed E-state index contributed by atoms with van der Waals surface area (Å²) in [4.78, 5) is 12.0. The molecule has 1 atom stereocenters. The molecule has 1 heterocycles. The van der Waals surface area contributed by atoms with E-state index in [0.29, 0.717) is 11.8 Å². The van der Waals surface area contributed by atoms with Gasteiger partial charge in [-0.25, -0.2) is 0 Å². The number of ether oxygens (including phenoxy) is 1. The first kappa shape index (κ1) is 16.7. The maximum atomic E-state index is 12.0. The van der Waals surface area contributed by atoms with Crippen molar-refractivity contribution in [2.24, 2.45) is 5.92 Å². The Kier molecular flexibility index (Phi) is 5.31. The first-order valence-electron chi connectivity index (χ1n) is 7.15. The second-order valence-corrected chi connectivity index (χ2v) is 6.77. The molecule has 1 unspecified atom stereocenters. The number of carbonyl (C=O) groups is 1. The Hall–Kier alpha value is -1.39. The van der Waals surface area contributed by atoms with E-state index in [0.717, 1.165) is 0 Å². The highest BCUT2D eigenvalue weighted by atomic mass is 16.6. The summed E-state index contributed by atoms with van der Waals surface area (Å²) < 4.78 is 11.0. The van der Waals surface area contributed by atoms with Crippen molar-refractivity contribution in [1.29, 1.82) is 0 Å². The van der Waals surface area contributed by atoms with Crippen LogP contribution in [0.4, 0.5) is 0 Å². The van der Waals surface area contributed by atoms with Crippen LogP contribution in [-0.4, -0.2) is 21.8 Å². The molecule has 0 fully saturated rings. The van der Waals surface area contributed by atoms with Gasteiger partial charge < -0.3 is 9.15 Å². The van der Waals surface area contributed by atoms with Crippen LogP contribution >= 0.6 is 0 Å². The maximum absolute atomic E-state index is 12.0. The molecule has 0 N–H and O–H groups in total. The molecule has 0 aromatic carbocycles. The Morgan fingerprint density at radius 3 is 2.10 bits per heavy atom. The van der Waals surface area contributed by atoms with Gasteiger partial charge in [0.05, 0.1) is 12.3 Å². The number of carbonyl (C=O) groups excluding carboxylic acids is 1. The molecule has 1 aromatic heterocycles. The van der Waals surface area contributed by atoms with Gasteiger partial charge in [-0.2, -0.15) is 0 Å². The highest BCUT2D eigenvalue weighted by Crippen LogP contribution is 2.29. The van der Waals surface area contributed by atoms with Crippen molar-refractivity contribution in [3.05, 3.63) is 11.8 Å². The maximum Gasteiger partial charge on any atom is 0.307 e. The van der Waals surface area contributed by atoms with Gasteiger partial charge in [0.25, 0.3) is 0 Å². The van der Waals surface area contributed by atoms with Crippen molar-refractivity contribution >= 4 is 5.97 Å². The molecule has 0 radical (unpaired) electrons. The lowest BCUT2D eigenvalue weighted by molar-refractivity contribution is -0.155. The molecule has 0 bridgehead atoms. The Labute approximate surface area is 121 Å². The lowest BCUT2D eigenvalue weighted by atomic mass is 9.92. The van der Waals surface area contributed by atoms with Gasteiger partial charge in [-0.3, -0.25) is 4.79 Å². The Morgan fingerprint density at radius 1 is 1.15 bits per heavy atom. The average molecular weight is 282 g/mol. The van der Waals surface area contributed by atoms with Crippen molar-refractivity contribution in [2.45, 2.75) is 72.3 Å². The Morgan fingerprint density at radius 2 is 1.70 bits per heavy atom. The van der Waals surface area contributed by atoms with Crippen LogP contribution in [0.5, 0.6) is 0 Å².